The zero-order valence-electron chi connectivity index (χ0n) is 19.5. The Hall–Kier alpha value is -3.23. The van der Waals surface area contributed by atoms with E-state index in [0.717, 1.165) is 16.7 Å². The minimum Gasteiger partial charge on any atom is -0.465 e. The van der Waals surface area contributed by atoms with Crippen molar-refractivity contribution in [2.24, 2.45) is 0 Å². The van der Waals surface area contributed by atoms with Crippen molar-refractivity contribution in [2.45, 2.75) is 44.2 Å². The monoisotopic (exact) mass is 477 g/mol. The Bertz CT molecular complexity index is 1020. The van der Waals surface area contributed by atoms with Gasteiger partial charge in [-0.05, 0) is 16.7 Å². The van der Waals surface area contributed by atoms with Gasteiger partial charge in [0.2, 0.25) is 0 Å². The first-order valence-corrected chi connectivity index (χ1v) is 11.7. The number of rotatable bonds is 11. The fraction of sp³-hybridized carbons (Fsp3) is 0.321. The van der Waals surface area contributed by atoms with Gasteiger partial charge in [0.1, 0.15) is 18.3 Å². The van der Waals surface area contributed by atoms with Crippen LogP contribution >= 0.6 is 0 Å². The van der Waals surface area contributed by atoms with Gasteiger partial charge in [-0.2, -0.15) is 0 Å². The smallest absolute Gasteiger partial charge is 0.405 e. The molecule has 1 fully saturated rings. The average Bonchev–Trinajstić information content (AvgIpc) is 2.89. The number of nitrogens with one attached hydrogen (secondary N) is 1. The van der Waals surface area contributed by atoms with E-state index in [1.165, 1.54) is 0 Å². The van der Waals surface area contributed by atoms with Crippen LogP contribution < -0.4 is 5.32 Å². The average molecular weight is 478 g/mol. The lowest BCUT2D eigenvalue weighted by Crippen LogP contribution is -2.61. The number of hydrogen-bond donors (Lipinski definition) is 2. The van der Waals surface area contributed by atoms with Crippen molar-refractivity contribution >= 4 is 6.09 Å². The number of hydrogen-bond acceptors (Lipinski definition) is 5. The quantitative estimate of drug-likeness (QED) is 0.426. The van der Waals surface area contributed by atoms with Crippen LogP contribution in [0.5, 0.6) is 0 Å². The first-order chi connectivity index (χ1) is 17.2. The maximum Gasteiger partial charge on any atom is 0.405 e. The number of carbonyl (C=O) groups is 1. The SMILES string of the molecule is O=C(O)N[C@H]1CO[C@H](COCc2ccccc2)[C@H](OCc2ccccc2)[C@@H]1OCc1ccccc1. The molecular weight excluding hydrogens is 446 g/mol. The summed E-state index contributed by atoms with van der Waals surface area (Å²) in [7, 11) is 0. The van der Waals surface area contributed by atoms with Crippen LogP contribution in [0, 0.1) is 0 Å². The third kappa shape index (κ3) is 7.63. The molecule has 1 saturated heterocycles. The molecule has 3 aromatic carbocycles. The molecule has 0 spiro atoms. The minimum absolute atomic E-state index is 0.163. The predicted molar refractivity (Wildman–Crippen MR) is 131 cm³/mol. The summed E-state index contributed by atoms with van der Waals surface area (Å²) in [4.78, 5) is 11.5. The molecule has 1 aliphatic rings. The van der Waals surface area contributed by atoms with Gasteiger partial charge < -0.3 is 29.4 Å². The van der Waals surface area contributed by atoms with Crippen LogP contribution in [0.4, 0.5) is 4.79 Å². The molecule has 0 aromatic heterocycles. The fourth-order valence-corrected chi connectivity index (χ4v) is 4.10. The summed E-state index contributed by atoms with van der Waals surface area (Å²) in [6.07, 6.45) is -2.66. The topological polar surface area (TPSA) is 86.3 Å². The normalized spacial score (nSPS) is 21.9. The Morgan fingerprint density at radius 3 is 1.77 bits per heavy atom. The molecule has 0 saturated carbocycles. The van der Waals surface area contributed by atoms with E-state index in [2.05, 4.69) is 5.32 Å². The number of benzene rings is 3. The largest absolute Gasteiger partial charge is 0.465 e. The third-order valence-corrected chi connectivity index (χ3v) is 5.85. The van der Waals surface area contributed by atoms with Gasteiger partial charge in [0.15, 0.2) is 0 Å². The van der Waals surface area contributed by atoms with Crippen LogP contribution in [0.25, 0.3) is 0 Å². The van der Waals surface area contributed by atoms with E-state index >= 15 is 0 Å². The summed E-state index contributed by atoms with van der Waals surface area (Å²) in [5.41, 5.74) is 3.06. The lowest BCUT2D eigenvalue weighted by atomic mass is 9.97. The van der Waals surface area contributed by atoms with Crippen molar-refractivity contribution in [3.8, 4) is 0 Å². The van der Waals surface area contributed by atoms with Gasteiger partial charge in [-0.15, -0.1) is 0 Å². The molecule has 0 bridgehead atoms. The molecule has 0 radical (unpaired) electrons. The highest BCUT2D eigenvalue weighted by Crippen LogP contribution is 2.25. The van der Waals surface area contributed by atoms with Gasteiger partial charge in [0, 0.05) is 0 Å². The van der Waals surface area contributed by atoms with E-state index in [-0.39, 0.29) is 6.61 Å². The predicted octanol–water partition coefficient (Wildman–Crippen LogP) is 4.41. The van der Waals surface area contributed by atoms with Crippen molar-refractivity contribution in [3.05, 3.63) is 108 Å². The zero-order chi connectivity index (χ0) is 24.3. The van der Waals surface area contributed by atoms with Gasteiger partial charge in [0.05, 0.1) is 39.1 Å². The second-order valence-corrected chi connectivity index (χ2v) is 8.45. The molecule has 2 N–H and O–H groups in total. The highest BCUT2D eigenvalue weighted by atomic mass is 16.6. The van der Waals surface area contributed by atoms with Crippen LogP contribution in [0.15, 0.2) is 91.0 Å². The van der Waals surface area contributed by atoms with E-state index in [4.69, 9.17) is 18.9 Å². The fourth-order valence-electron chi connectivity index (χ4n) is 4.10. The van der Waals surface area contributed by atoms with Crippen LogP contribution in [-0.4, -0.2) is 48.8 Å². The van der Waals surface area contributed by atoms with Crippen LogP contribution in [-0.2, 0) is 38.8 Å². The molecule has 184 valence electrons. The molecule has 1 amide bonds. The molecular formula is C28H31NO6. The van der Waals surface area contributed by atoms with E-state index in [0.29, 0.717) is 26.4 Å². The van der Waals surface area contributed by atoms with Gasteiger partial charge in [-0.25, -0.2) is 4.79 Å². The molecule has 1 heterocycles. The van der Waals surface area contributed by atoms with Crippen molar-refractivity contribution < 1.29 is 28.8 Å². The van der Waals surface area contributed by atoms with Gasteiger partial charge in [0.25, 0.3) is 0 Å². The first-order valence-electron chi connectivity index (χ1n) is 11.7. The standard InChI is InChI=1S/C28H31NO6/c30-28(31)29-24-19-33-25(20-32-16-21-10-4-1-5-11-21)27(35-18-23-14-8-3-9-15-23)26(24)34-17-22-12-6-2-7-13-22/h1-15,24-27,29H,16-20H2,(H,30,31)/t24-,25+,26+,27-/m0/s1. The first kappa shape index (κ1) is 24.9. The Morgan fingerprint density at radius 1 is 0.771 bits per heavy atom. The number of ether oxygens (including phenoxy) is 4. The summed E-state index contributed by atoms with van der Waals surface area (Å²) < 4.78 is 24.7. The number of amides is 1. The lowest BCUT2D eigenvalue weighted by Gasteiger charge is -2.42. The Balaban J connectivity index is 1.49. The van der Waals surface area contributed by atoms with Crippen molar-refractivity contribution in [3.63, 3.8) is 0 Å². The summed E-state index contributed by atoms with van der Waals surface area (Å²) in [6.45, 7) is 1.56. The maximum atomic E-state index is 11.5. The highest BCUT2D eigenvalue weighted by molar-refractivity contribution is 5.65. The molecule has 3 aromatic rings. The second-order valence-electron chi connectivity index (χ2n) is 8.45. The van der Waals surface area contributed by atoms with Gasteiger partial charge in [-0.3, -0.25) is 0 Å². The van der Waals surface area contributed by atoms with Crippen molar-refractivity contribution in [1.82, 2.24) is 5.32 Å². The molecule has 0 unspecified atom stereocenters. The minimum atomic E-state index is -1.13. The van der Waals surface area contributed by atoms with Crippen molar-refractivity contribution in [1.29, 1.82) is 0 Å². The molecule has 4 atom stereocenters. The maximum absolute atomic E-state index is 11.5. The molecule has 7 heteroatoms. The van der Waals surface area contributed by atoms with Crippen LogP contribution in [0.1, 0.15) is 16.7 Å². The van der Waals surface area contributed by atoms with Crippen LogP contribution in [0.2, 0.25) is 0 Å². The molecule has 1 aliphatic heterocycles. The van der Waals surface area contributed by atoms with E-state index in [1.54, 1.807) is 0 Å². The number of carboxylic acid groups (broad SMARTS) is 1. The molecule has 35 heavy (non-hydrogen) atoms. The molecule has 7 nitrogen and oxygen atoms in total. The van der Waals surface area contributed by atoms with Gasteiger partial charge >= 0.3 is 6.09 Å². The third-order valence-electron chi connectivity index (χ3n) is 5.85. The van der Waals surface area contributed by atoms with E-state index in [1.807, 2.05) is 91.0 Å². The Morgan fingerprint density at radius 2 is 1.26 bits per heavy atom. The summed E-state index contributed by atoms with van der Waals surface area (Å²) >= 11 is 0. The summed E-state index contributed by atoms with van der Waals surface area (Å²) in [5, 5.41) is 12.0. The van der Waals surface area contributed by atoms with Crippen molar-refractivity contribution in [2.75, 3.05) is 13.2 Å². The summed E-state index contributed by atoms with van der Waals surface area (Å²) in [5.74, 6) is 0. The molecule has 0 aliphatic carbocycles. The Kier molecular flexibility index (Phi) is 9.25. The summed E-state index contributed by atoms with van der Waals surface area (Å²) in [6, 6.07) is 28.9. The Labute approximate surface area is 205 Å². The second kappa shape index (κ2) is 13.0. The van der Waals surface area contributed by atoms with E-state index < -0.39 is 30.4 Å². The molecule has 4 rings (SSSR count). The zero-order valence-corrected chi connectivity index (χ0v) is 19.5. The highest BCUT2D eigenvalue weighted by Gasteiger charge is 2.43. The van der Waals surface area contributed by atoms with Crippen LogP contribution in [0.3, 0.4) is 0 Å². The van der Waals surface area contributed by atoms with E-state index in [9.17, 15) is 9.90 Å². The van der Waals surface area contributed by atoms with Gasteiger partial charge in [-0.1, -0.05) is 91.0 Å². The lowest BCUT2D eigenvalue weighted by molar-refractivity contribution is -0.207.